The zero-order valence-electron chi connectivity index (χ0n) is 17.5. The maximum Gasteiger partial charge on any atom is 0.325 e. The predicted molar refractivity (Wildman–Crippen MR) is 119 cm³/mol. The van der Waals surface area contributed by atoms with Crippen LogP contribution >= 0.6 is 0 Å². The normalized spacial score (nSPS) is 11.7. The summed E-state index contributed by atoms with van der Waals surface area (Å²) >= 11 is 0. The molecule has 0 aliphatic carbocycles. The van der Waals surface area contributed by atoms with Gasteiger partial charge in [-0.25, -0.2) is 0 Å². The largest absolute Gasteiger partial charge is 0.480 e. The van der Waals surface area contributed by atoms with E-state index in [1.165, 1.54) is 59.5 Å². The van der Waals surface area contributed by atoms with Crippen molar-refractivity contribution in [3.05, 3.63) is 120 Å². The van der Waals surface area contributed by atoms with Crippen LogP contribution in [0, 0.1) is 30.3 Å². The van der Waals surface area contributed by atoms with Crippen LogP contribution in [0.25, 0.3) is 0 Å². The second-order valence-electron chi connectivity index (χ2n) is 7.35. The number of aliphatic carboxylic acids is 1. The van der Waals surface area contributed by atoms with Crippen molar-refractivity contribution in [2.45, 2.75) is 19.1 Å². The van der Waals surface area contributed by atoms with Crippen LogP contribution in [0.3, 0.4) is 0 Å². The molecule has 0 fully saturated rings. The van der Waals surface area contributed by atoms with Gasteiger partial charge in [-0.05, 0) is 16.7 Å². The third kappa shape index (κ3) is 5.75. The molecule has 0 aliphatic heterocycles. The van der Waals surface area contributed by atoms with Gasteiger partial charge in [0.25, 0.3) is 17.1 Å². The van der Waals surface area contributed by atoms with Gasteiger partial charge in [0, 0.05) is 49.5 Å². The summed E-state index contributed by atoms with van der Waals surface area (Å²) in [5.41, 5.74) is 0.310. The van der Waals surface area contributed by atoms with Crippen molar-refractivity contribution in [2.75, 3.05) is 0 Å². The maximum absolute atomic E-state index is 12.3. The number of hydrogen-bond acceptors (Lipinski definition) is 8. The molecule has 174 valence electrons. The predicted octanol–water partition coefficient (Wildman–Crippen LogP) is 4.24. The fraction of sp³-hybridized carbons (Fsp3) is 0.136. The topological polar surface area (TPSA) is 170 Å². The molecule has 12 heteroatoms. The van der Waals surface area contributed by atoms with E-state index in [-0.39, 0.29) is 35.7 Å². The van der Waals surface area contributed by atoms with Crippen molar-refractivity contribution in [1.29, 1.82) is 0 Å². The number of carboxylic acid groups (broad SMARTS) is 1. The molecule has 34 heavy (non-hydrogen) atoms. The van der Waals surface area contributed by atoms with E-state index in [9.17, 15) is 40.2 Å². The van der Waals surface area contributed by atoms with Crippen molar-refractivity contribution in [2.24, 2.45) is 0 Å². The SMILES string of the molecule is O=C(O)C(c1cccc([N+](=O)[O-])c1)N(Cc1cccc([N+](=O)[O-])c1)Cc1cccc([N+](=O)[O-])c1. The number of rotatable bonds is 10. The fourth-order valence-corrected chi connectivity index (χ4v) is 3.56. The van der Waals surface area contributed by atoms with Gasteiger partial charge in [0.1, 0.15) is 6.04 Å². The van der Waals surface area contributed by atoms with E-state index in [0.29, 0.717) is 11.1 Å². The zero-order chi connectivity index (χ0) is 24.8. The molecule has 1 unspecified atom stereocenters. The first-order chi connectivity index (χ1) is 16.2. The Labute approximate surface area is 192 Å². The highest BCUT2D eigenvalue weighted by Gasteiger charge is 2.29. The van der Waals surface area contributed by atoms with Crippen molar-refractivity contribution >= 4 is 23.0 Å². The molecule has 0 amide bonds. The number of non-ortho nitro benzene ring substituents is 3. The Morgan fingerprint density at radius 3 is 1.56 bits per heavy atom. The van der Waals surface area contributed by atoms with Crippen LogP contribution in [0.2, 0.25) is 0 Å². The van der Waals surface area contributed by atoms with E-state index < -0.39 is 26.8 Å². The van der Waals surface area contributed by atoms with Crippen LogP contribution in [0.1, 0.15) is 22.7 Å². The Morgan fingerprint density at radius 1 is 0.735 bits per heavy atom. The van der Waals surface area contributed by atoms with E-state index in [4.69, 9.17) is 0 Å². The van der Waals surface area contributed by atoms with E-state index in [0.717, 1.165) is 6.07 Å². The van der Waals surface area contributed by atoms with Gasteiger partial charge in [-0.2, -0.15) is 0 Å². The van der Waals surface area contributed by atoms with Gasteiger partial charge in [0.15, 0.2) is 0 Å². The molecule has 12 nitrogen and oxygen atoms in total. The number of benzene rings is 3. The lowest BCUT2D eigenvalue weighted by molar-refractivity contribution is -0.385. The second kappa shape index (κ2) is 10.3. The molecule has 0 radical (unpaired) electrons. The molecule has 0 spiro atoms. The Kier molecular flexibility index (Phi) is 7.23. The van der Waals surface area contributed by atoms with E-state index in [1.54, 1.807) is 12.1 Å². The summed E-state index contributed by atoms with van der Waals surface area (Å²) in [5, 5.41) is 43.6. The van der Waals surface area contributed by atoms with Crippen LogP contribution in [0.5, 0.6) is 0 Å². The summed E-state index contributed by atoms with van der Waals surface area (Å²) in [5.74, 6) is -1.31. The minimum Gasteiger partial charge on any atom is -0.480 e. The van der Waals surface area contributed by atoms with Gasteiger partial charge in [-0.1, -0.05) is 36.4 Å². The molecule has 0 heterocycles. The number of nitro benzene ring substituents is 3. The lowest BCUT2D eigenvalue weighted by Crippen LogP contribution is -2.33. The van der Waals surface area contributed by atoms with Crippen molar-refractivity contribution in [1.82, 2.24) is 4.90 Å². The lowest BCUT2D eigenvalue weighted by Gasteiger charge is -2.29. The molecule has 0 saturated heterocycles. The lowest BCUT2D eigenvalue weighted by atomic mass is 10.0. The van der Waals surface area contributed by atoms with E-state index >= 15 is 0 Å². The third-order valence-corrected chi connectivity index (χ3v) is 5.01. The Bertz CT molecular complexity index is 1200. The van der Waals surface area contributed by atoms with Crippen LogP contribution < -0.4 is 0 Å². The van der Waals surface area contributed by atoms with Crippen LogP contribution in [-0.4, -0.2) is 30.7 Å². The summed E-state index contributed by atoms with van der Waals surface area (Å²) in [6.45, 7) is -0.159. The smallest absolute Gasteiger partial charge is 0.325 e. The molecule has 0 aliphatic rings. The third-order valence-electron chi connectivity index (χ3n) is 5.01. The fourth-order valence-electron chi connectivity index (χ4n) is 3.56. The van der Waals surface area contributed by atoms with Crippen LogP contribution in [-0.2, 0) is 17.9 Å². The number of nitrogens with zero attached hydrogens (tertiary/aromatic N) is 4. The van der Waals surface area contributed by atoms with Crippen LogP contribution in [0.15, 0.2) is 72.8 Å². The highest BCUT2D eigenvalue weighted by Crippen LogP contribution is 2.29. The molecular weight excluding hydrogens is 448 g/mol. The van der Waals surface area contributed by atoms with Crippen LogP contribution in [0.4, 0.5) is 17.1 Å². The zero-order valence-corrected chi connectivity index (χ0v) is 17.5. The highest BCUT2D eigenvalue weighted by molar-refractivity contribution is 5.76. The number of carbonyl (C=O) groups is 1. The minimum absolute atomic E-state index is 0.0793. The van der Waals surface area contributed by atoms with Gasteiger partial charge >= 0.3 is 5.97 Å². The second-order valence-corrected chi connectivity index (χ2v) is 7.35. The standard InChI is InChI=1S/C22H18N4O8/c27-22(28)21(17-6-3-9-20(12-17)26(33)34)23(13-15-4-1-7-18(10-15)24(29)30)14-16-5-2-8-19(11-16)25(31)32/h1-12,21H,13-14H2,(H,27,28). The summed E-state index contributed by atoms with van der Waals surface area (Å²) in [4.78, 5) is 45.5. The number of hydrogen-bond donors (Lipinski definition) is 1. The molecule has 0 bridgehead atoms. The summed E-state index contributed by atoms with van der Waals surface area (Å²) in [6, 6.07) is 15.1. The van der Waals surface area contributed by atoms with Gasteiger partial charge in [-0.3, -0.25) is 40.0 Å². The first kappa shape index (κ1) is 23.9. The summed E-state index contributed by atoms with van der Waals surface area (Å²) < 4.78 is 0. The average molecular weight is 466 g/mol. The minimum atomic E-state index is -1.38. The van der Waals surface area contributed by atoms with Gasteiger partial charge in [0.05, 0.1) is 14.8 Å². The van der Waals surface area contributed by atoms with Crippen molar-refractivity contribution in [3.63, 3.8) is 0 Å². The molecule has 3 aromatic carbocycles. The molecule has 3 aromatic rings. The van der Waals surface area contributed by atoms with Crippen molar-refractivity contribution < 1.29 is 24.7 Å². The molecular formula is C22H18N4O8. The Hall–Kier alpha value is -4.71. The van der Waals surface area contributed by atoms with Gasteiger partial charge < -0.3 is 5.11 Å². The number of carboxylic acids is 1. The molecule has 0 aromatic heterocycles. The Morgan fingerprint density at radius 2 is 1.15 bits per heavy atom. The molecule has 1 N–H and O–H groups in total. The average Bonchev–Trinajstić information content (AvgIpc) is 2.79. The molecule has 0 saturated carbocycles. The van der Waals surface area contributed by atoms with E-state index in [2.05, 4.69) is 0 Å². The van der Waals surface area contributed by atoms with Crippen molar-refractivity contribution in [3.8, 4) is 0 Å². The first-order valence-electron chi connectivity index (χ1n) is 9.83. The molecule has 3 rings (SSSR count). The monoisotopic (exact) mass is 466 g/mol. The van der Waals surface area contributed by atoms with Gasteiger partial charge in [0.2, 0.25) is 0 Å². The maximum atomic E-state index is 12.3. The first-order valence-corrected chi connectivity index (χ1v) is 9.83. The summed E-state index contributed by atoms with van der Waals surface area (Å²) in [7, 11) is 0. The Balaban J connectivity index is 2.07. The number of nitro groups is 3. The van der Waals surface area contributed by atoms with Gasteiger partial charge in [-0.15, -0.1) is 0 Å². The highest BCUT2D eigenvalue weighted by atomic mass is 16.6. The summed E-state index contributed by atoms with van der Waals surface area (Å²) in [6.07, 6.45) is 0. The van der Waals surface area contributed by atoms with E-state index in [1.807, 2.05) is 0 Å². The molecule has 1 atom stereocenters. The quantitative estimate of drug-likeness (QED) is 0.339.